The van der Waals surface area contributed by atoms with Crippen molar-refractivity contribution in [1.82, 2.24) is 4.90 Å². The van der Waals surface area contributed by atoms with E-state index in [-0.39, 0.29) is 0 Å². The van der Waals surface area contributed by atoms with Crippen LogP contribution in [0.3, 0.4) is 0 Å². The predicted molar refractivity (Wildman–Crippen MR) is 63.5 cm³/mol. The summed E-state index contributed by atoms with van der Waals surface area (Å²) in [5.74, 6) is 0. The lowest BCUT2D eigenvalue weighted by molar-refractivity contribution is 0.319. The van der Waals surface area contributed by atoms with Gasteiger partial charge in [0, 0.05) is 11.4 Å². The first-order valence-corrected chi connectivity index (χ1v) is 6.15. The van der Waals surface area contributed by atoms with Gasteiger partial charge in [-0.15, -0.1) is 11.3 Å². The first-order valence-electron chi connectivity index (χ1n) is 5.28. The Morgan fingerprint density at radius 3 is 3.21 bits per heavy atom. The van der Waals surface area contributed by atoms with Crippen LogP contribution in [0.2, 0.25) is 0 Å². The molecule has 0 spiro atoms. The van der Waals surface area contributed by atoms with E-state index < -0.39 is 0 Å². The van der Waals surface area contributed by atoms with E-state index in [1.165, 1.54) is 36.2 Å². The van der Waals surface area contributed by atoms with Gasteiger partial charge in [-0.1, -0.05) is 6.08 Å². The Hall–Kier alpha value is -0.600. The van der Waals surface area contributed by atoms with Gasteiger partial charge in [-0.05, 0) is 55.9 Å². The minimum Gasteiger partial charge on any atom is -0.302 e. The summed E-state index contributed by atoms with van der Waals surface area (Å²) in [6.07, 6.45) is 8.48. The molecule has 1 aliphatic rings. The van der Waals surface area contributed by atoms with Gasteiger partial charge in [0.25, 0.3) is 0 Å². The molecule has 0 N–H and O–H groups in total. The lowest BCUT2D eigenvalue weighted by atomic mass is 10.1. The van der Waals surface area contributed by atoms with Crippen LogP contribution in [0.5, 0.6) is 0 Å². The van der Waals surface area contributed by atoms with E-state index in [0.717, 1.165) is 6.54 Å². The fraction of sp³-hybridized carbons (Fsp3) is 0.500. The summed E-state index contributed by atoms with van der Waals surface area (Å²) < 4.78 is 0. The molecule has 0 aromatic carbocycles. The van der Waals surface area contributed by atoms with Crippen molar-refractivity contribution in [3.8, 4) is 0 Å². The Kier molecular flexibility index (Phi) is 3.38. The van der Waals surface area contributed by atoms with E-state index in [1.54, 1.807) is 0 Å². The van der Waals surface area contributed by atoms with Crippen molar-refractivity contribution in [2.45, 2.75) is 25.8 Å². The Labute approximate surface area is 90.1 Å². The van der Waals surface area contributed by atoms with E-state index in [4.69, 9.17) is 0 Å². The van der Waals surface area contributed by atoms with E-state index in [0.29, 0.717) is 0 Å². The Bertz CT molecular complexity index is 314. The average Bonchev–Trinajstić information content (AvgIpc) is 2.59. The number of nitrogens with zero attached hydrogens (tertiary/aromatic N) is 1. The summed E-state index contributed by atoms with van der Waals surface area (Å²) in [5, 5.41) is 2.20. The molecule has 0 amide bonds. The van der Waals surface area contributed by atoms with Crippen LogP contribution in [-0.4, -0.2) is 18.5 Å². The SMILES string of the molecule is CN1CCCC/C=C/c2sccc2C1. The molecule has 0 atom stereocenters. The molecule has 0 radical (unpaired) electrons. The zero-order valence-electron chi connectivity index (χ0n) is 8.70. The Morgan fingerprint density at radius 2 is 2.29 bits per heavy atom. The molecular formula is C12H17NS. The lowest BCUT2D eigenvalue weighted by Gasteiger charge is -2.17. The number of hydrogen-bond acceptors (Lipinski definition) is 2. The molecule has 0 aliphatic carbocycles. The summed E-state index contributed by atoms with van der Waals surface area (Å²) in [7, 11) is 2.22. The summed E-state index contributed by atoms with van der Waals surface area (Å²) >= 11 is 1.85. The summed E-state index contributed by atoms with van der Waals surface area (Å²) in [6, 6.07) is 2.25. The van der Waals surface area contributed by atoms with Crippen molar-refractivity contribution >= 4 is 17.4 Å². The third-order valence-electron chi connectivity index (χ3n) is 2.65. The Balaban J connectivity index is 2.18. The van der Waals surface area contributed by atoms with Crippen molar-refractivity contribution in [2.75, 3.05) is 13.6 Å². The first kappa shape index (κ1) is 9.94. The molecule has 0 saturated heterocycles. The number of thiophene rings is 1. The van der Waals surface area contributed by atoms with E-state index in [2.05, 4.69) is 35.5 Å². The van der Waals surface area contributed by atoms with Crippen LogP contribution in [0.4, 0.5) is 0 Å². The van der Waals surface area contributed by atoms with Crippen molar-refractivity contribution in [2.24, 2.45) is 0 Å². The third kappa shape index (κ3) is 2.46. The standard InChI is InChI=1S/C12H17NS/c1-13-8-5-3-2-4-6-12-11(10-13)7-9-14-12/h4,6-7,9H,2-3,5,8,10H2,1H3/b6-4+. The third-order valence-corrected chi connectivity index (χ3v) is 3.58. The molecule has 0 saturated carbocycles. The molecular weight excluding hydrogens is 190 g/mol. The second-order valence-corrected chi connectivity index (χ2v) is 4.89. The lowest BCUT2D eigenvalue weighted by Crippen LogP contribution is -2.19. The highest BCUT2D eigenvalue weighted by Crippen LogP contribution is 2.21. The smallest absolute Gasteiger partial charge is 0.0312 e. The van der Waals surface area contributed by atoms with E-state index >= 15 is 0 Å². The van der Waals surface area contributed by atoms with E-state index in [1.807, 2.05) is 11.3 Å². The quantitative estimate of drug-likeness (QED) is 0.630. The zero-order chi connectivity index (χ0) is 9.80. The normalized spacial score (nSPS) is 21.5. The predicted octanol–water partition coefficient (Wildman–Crippen LogP) is 3.38. The van der Waals surface area contributed by atoms with Gasteiger partial charge in [0.05, 0.1) is 0 Å². The topological polar surface area (TPSA) is 3.24 Å². The van der Waals surface area contributed by atoms with Crippen molar-refractivity contribution < 1.29 is 0 Å². The van der Waals surface area contributed by atoms with Gasteiger partial charge < -0.3 is 4.90 Å². The van der Waals surface area contributed by atoms with Crippen LogP contribution in [0.1, 0.15) is 29.7 Å². The number of hydrogen-bond donors (Lipinski definition) is 0. The number of rotatable bonds is 0. The molecule has 76 valence electrons. The second kappa shape index (κ2) is 4.76. The second-order valence-electron chi connectivity index (χ2n) is 3.95. The fourth-order valence-electron chi connectivity index (χ4n) is 1.83. The maximum absolute atomic E-state index is 2.42. The van der Waals surface area contributed by atoms with Crippen LogP contribution >= 0.6 is 11.3 Å². The minimum absolute atomic E-state index is 1.10. The average molecular weight is 207 g/mol. The molecule has 0 bridgehead atoms. The molecule has 2 rings (SSSR count). The van der Waals surface area contributed by atoms with Gasteiger partial charge in [0.2, 0.25) is 0 Å². The van der Waals surface area contributed by atoms with Gasteiger partial charge in [-0.2, -0.15) is 0 Å². The highest BCUT2D eigenvalue weighted by molar-refractivity contribution is 7.11. The minimum atomic E-state index is 1.10. The summed E-state index contributed by atoms with van der Waals surface area (Å²) in [4.78, 5) is 3.86. The van der Waals surface area contributed by atoms with Crippen molar-refractivity contribution in [3.63, 3.8) is 0 Å². The van der Waals surface area contributed by atoms with Crippen LogP contribution in [0.25, 0.3) is 6.08 Å². The molecule has 14 heavy (non-hydrogen) atoms. The van der Waals surface area contributed by atoms with Crippen LogP contribution in [-0.2, 0) is 6.54 Å². The van der Waals surface area contributed by atoms with Crippen molar-refractivity contribution in [1.29, 1.82) is 0 Å². The maximum atomic E-state index is 2.42. The molecule has 2 heterocycles. The largest absolute Gasteiger partial charge is 0.302 e. The molecule has 1 aromatic rings. The molecule has 1 aliphatic heterocycles. The molecule has 2 heteroatoms. The van der Waals surface area contributed by atoms with Gasteiger partial charge >= 0.3 is 0 Å². The maximum Gasteiger partial charge on any atom is 0.0312 e. The molecule has 1 nitrogen and oxygen atoms in total. The van der Waals surface area contributed by atoms with Crippen LogP contribution in [0.15, 0.2) is 17.5 Å². The van der Waals surface area contributed by atoms with Crippen LogP contribution in [0, 0.1) is 0 Å². The number of allylic oxidation sites excluding steroid dienone is 1. The monoisotopic (exact) mass is 207 g/mol. The molecule has 1 aromatic heterocycles. The summed E-state index contributed by atoms with van der Waals surface area (Å²) in [5.41, 5.74) is 1.48. The van der Waals surface area contributed by atoms with E-state index in [9.17, 15) is 0 Å². The van der Waals surface area contributed by atoms with Gasteiger partial charge in [-0.3, -0.25) is 0 Å². The number of fused-ring (bicyclic) bond motifs is 1. The van der Waals surface area contributed by atoms with Gasteiger partial charge in [0.15, 0.2) is 0 Å². The van der Waals surface area contributed by atoms with Gasteiger partial charge in [-0.25, -0.2) is 0 Å². The first-order chi connectivity index (χ1) is 6.86. The van der Waals surface area contributed by atoms with Crippen molar-refractivity contribution in [3.05, 3.63) is 28.0 Å². The zero-order valence-corrected chi connectivity index (χ0v) is 9.52. The van der Waals surface area contributed by atoms with Gasteiger partial charge in [0.1, 0.15) is 0 Å². The highest BCUT2D eigenvalue weighted by atomic mass is 32.1. The molecule has 0 unspecified atom stereocenters. The molecule has 0 fully saturated rings. The highest BCUT2D eigenvalue weighted by Gasteiger charge is 2.06. The van der Waals surface area contributed by atoms with Crippen LogP contribution < -0.4 is 0 Å². The fourth-order valence-corrected chi connectivity index (χ4v) is 2.67. The summed E-state index contributed by atoms with van der Waals surface area (Å²) in [6.45, 7) is 2.33. The Morgan fingerprint density at radius 1 is 1.36 bits per heavy atom.